The smallest absolute Gasteiger partial charge is 0.314 e. The summed E-state index contributed by atoms with van der Waals surface area (Å²) in [5.41, 5.74) is 0.876. The molecule has 138 valence electrons. The third kappa shape index (κ3) is 7.37. The second-order valence-corrected chi connectivity index (χ2v) is 6.01. The Hall–Kier alpha value is -2.37. The number of ether oxygens (including phenoxy) is 1. The highest BCUT2D eigenvalue weighted by atomic mass is 16.5. The molecule has 1 aromatic rings. The maximum Gasteiger partial charge on any atom is 0.314 e. The highest BCUT2D eigenvalue weighted by molar-refractivity contribution is 5.87. The van der Waals surface area contributed by atoms with E-state index < -0.39 is 17.8 Å². The molecule has 2 amide bonds. The van der Waals surface area contributed by atoms with Crippen LogP contribution in [0.3, 0.4) is 0 Å². The summed E-state index contributed by atoms with van der Waals surface area (Å²) in [6.07, 6.45) is 1.65. The van der Waals surface area contributed by atoms with E-state index in [0.717, 1.165) is 18.4 Å². The van der Waals surface area contributed by atoms with Crippen LogP contribution in [0.15, 0.2) is 30.3 Å². The van der Waals surface area contributed by atoms with E-state index in [0.29, 0.717) is 6.54 Å². The zero-order valence-corrected chi connectivity index (χ0v) is 15.2. The molecule has 0 aliphatic heterocycles. The fourth-order valence-electron chi connectivity index (χ4n) is 2.38. The first-order valence-electron chi connectivity index (χ1n) is 8.74. The van der Waals surface area contributed by atoms with Crippen molar-refractivity contribution in [2.75, 3.05) is 19.7 Å². The van der Waals surface area contributed by atoms with E-state index in [9.17, 15) is 14.4 Å². The van der Waals surface area contributed by atoms with Crippen LogP contribution in [0.2, 0.25) is 0 Å². The number of hydrogen-bond donors (Lipinski definition) is 2. The molecule has 0 heterocycles. The van der Waals surface area contributed by atoms with Crippen molar-refractivity contribution < 1.29 is 19.1 Å². The molecular formula is C19H28N2O4. The van der Waals surface area contributed by atoms with Crippen LogP contribution in [0.5, 0.6) is 0 Å². The highest BCUT2D eigenvalue weighted by Crippen LogP contribution is 2.28. The Bertz CT molecular complexity index is 560. The Balaban J connectivity index is 2.52. The molecule has 25 heavy (non-hydrogen) atoms. The van der Waals surface area contributed by atoms with Crippen LogP contribution >= 0.6 is 0 Å². The topological polar surface area (TPSA) is 84.5 Å². The van der Waals surface area contributed by atoms with Crippen molar-refractivity contribution in [1.29, 1.82) is 0 Å². The normalized spacial score (nSPS) is 12.8. The molecule has 2 atom stereocenters. The molecule has 0 fully saturated rings. The van der Waals surface area contributed by atoms with Crippen LogP contribution in [0.25, 0.3) is 0 Å². The summed E-state index contributed by atoms with van der Waals surface area (Å²) in [5.74, 6) is -1.49. The van der Waals surface area contributed by atoms with Gasteiger partial charge in [-0.05, 0) is 17.9 Å². The van der Waals surface area contributed by atoms with Crippen molar-refractivity contribution in [3.05, 3.63) is 35.9 Å². The summed E-state index contributed by atoms with van der Waals surface area (Å²) in [7, 11) is 0. The maximum atomic E-state index is 12.4. The molecule has 0 bridgehead atoms. The van der Waals surface area contributed by atoms with Gasteiger partial charge in [0.15, 0.2) is 6.61 Å². The van der Waals surface area contributed by atoms with Crippen LogP contribution < -0.4 is 10.6 Å². The third-order valence-electron chi connectivity index (χ3n) is 3.99. The fraction of sp³-hybridized carbons (Fsp3) is 0.526. The largest absolute Gasteiger partial charge is 0.455 e. The van der Waals surface area contributed by atoms with Crippen LogP contribution in [0, 0.1) is 5.92 Å². The van der Waals surface area contributed by atoms with Gasteiger partial charge in [0, 0.05) is 6.54 Å². The Labute approximate surface area is 149 Å². The molecule has 0 spiro atoms. The van der Waals surface area contributed by atoms with Gasteiger partial charge in [0.2, 0.25) is 5.91 Å². The van der Waals surface area contributed by atoms with E-state index >= 15 is 0 Å². The van der Waals surface area contributed by atoms with E-state index in [-0.39, 0.29) is 25.0 Å². The molecule has 0 aliphatic carbocycles. The third-order valence-corrected chi connectivity index (χ3v) is 3.99. The lowest BCUT2D eigenvalue weighted by Gasteiger charge is -2.21. The molecule has 0 aliphatic rings. The first-order chi connectivity index (χ1) is 12.0. The molecule has 0 aromatic heterocycles. The van der Waals surface area contributed by atoms with Crippen LogP contribution in [0.1, 0.15) is 45.1 Å². The number of benzene rings is 1. The van der Waals surface area contributed by atoms with Gasteiger partial charge in [-0.1, -0.05) is 57.5 Å². The number of carbonyl (C=O) groups is 3. The molecule has 1 rings (SSSR count). The minimum atomic E-state index is -0.490. The van der Waals surface area contributed by atoms with Crippen molar-refractivity contribution in [3.63, 3.8) is 0 Å². The van der Waals surface area contributed by atoms with Gasteiger partial charge >= 0.3 is 5.97 Å². The summed E-state index contributed by atoms with van der Waals surface area (Å²) >= 11 is 0. The predicted octanol–water partition coefficient (Wildman–Crippen LogP) is 2.00. The standard InChI is InChI=1S/C19H28N2O4/c1-4-11-20-16(22)12-21-17(23)13-25-19(24)18(14(3)5-2)15-9-7-6-8-10-15/h6-10,14,18H,4-5,11-13H2,1-3H3,(H,20,22)(H,21,23)/t14-,18+/m1/s1. The summed E-state index contributed by atoms with van der Waals surface area (Å²) in [5, 5.41) is 5.09. The van der Waals surface area contributed by atoms with Crippen LogP contribution in [0.4, 0.5) is 0 Å². The molecule has 2 N–H and O–H groups in total. The van der Waals surface area contributed by atoms with E-state index in [4.69, 9.17) is 4.74 Å². The van der Waals surface area contributed by atoms with Gasteiger partial charge in [-0.15, -0.1) is 0 Å². The van der Waals surface area contributed by atoms with Gasteiger partial charge in [0.25, 0.3) is 5.91 Å². The van der Waals surface area contributed by atoms with Crippen molar-refractivity contribution >= 4 is 17.8 Å². The number of esters is 1. The van der Waals surface area contributed by atoms with E-state index in [1.807, 2.05) is 51.1 Å². The van der Waals surface area contributed by atoms with Crippen molar-refractivity contribution in [2.24, 2.45) is 5.92 Å². The van der Waals surface area contributed by atoms with Crippen LogP contribution in [-0.2, 0) is 19.1 Å². The minimum Gasteiger partial charge on any atom is -0.455 e. The molecular weight excluding hydrogens is 320 g/mol. The van der Waals surface area contributed by atoms with E-state index in [1.54, 1.807) is 0 Å². The lowest BCUT2D eigenvalue weighted by molar-refractivity contribution is -0.151. The van der Waals surface area contributed by atoms with Gasteiger partial charge < -0.3 is 15.4 Å². The monoisotopic (exact) mass is 348 g/mol. The number of nitrogens with one attached hydrogen (secondary N) is 2. The van der Waals surface area contributed by atoms with Gasteiger partial charge in [0.05, 0.1) is 12.5 Å². The van der Waals surface area contributed by atoms with Crippen molar-refractivity contribution in [3.8, 4) is 0 Å². The van der Waals surface area contributed by atoms with Gasteiger partial charge in [0.1, 0.15) is 0 Å². The first kappa shape index (κ1) is 20.7. The highest BCUT2D eigenvalue weighted by Gasteiger charge is 2.27. The van der Waals surface area contributed by atoms with Gasteiger partial charge in [-0.25, -0.2) is 0 Å². The van der Waals surface area contributed by atoms with Crippen molar-refractivity contribution in [1.82, 2.24) is 10.6 Å². The zero-order valence-electron chi connectivity index (χ0n) is 15.2. The molecule has 6 nitrogen and oxygen atoms in total. The lowest BCUT2D eigenvalue weighted by atomic mass is 9.86. The predicted molar refractivity (Wildman–Crippen MR) is 95.9 cm³/mol. The van der Waals surface area contributed by atoms with E-state index in [2.05, 4.69) is 10.6 Å². The molecule has 0 saturated heterocycles. The molecule has 0 saturated carbocycles. The average Bonchev–Trinajstić information content (AvgIpc) is 2.63. The van der Waals surface area contributed by atoms with Gasteiger partial charge in [-0.2, -0.15) is 0 Å². The number of amides is 2. The van der Waals surface area contributed by atoms with Crippen molar-refractivity contribution in [2.45, 2.75) is 39.5 Å². The van der Waals surface area contributed by atoms with E-state index in [1.165, 1.54) is 0 Å². The Morgan fingerprint density at radius 1 is 1.04 bits per heavy atom. The summed E-state index contributed by atoms with van der Waals surface area (Å²) in [4.78, 5) is 35.6. The quantitative estimate of drug-likeness (QED) is 0.634. The summed E-state index contributed by atoms with van der Waals surface area (Å²) in [6.45, 7) is 5.99. The summed E-state index contributed by atoms with van der Waals surface area (Å²) in [6, 6.07) is 9.41. The maximum absolute atomic E-state index is 12.4. The SMILES string of the molecule is CCCNC(=O)CNC(=O)COC(=O)[C@H](c1ccccc1)[C@H](C)CC. The second-order valence-electron chi connectivity index (χ2n) is 6.01. The number of carbonyl (C=O) groups excluding carboxylic acids is 3. The Kier molecular flexibility index (Phi) is 9.29. The molecule has 1 aromatic carbocycles. The Morgan fingerprint density at radius 2 is 1.72 bits per heavy atom. The number of hydrogen-bond acceptors (Lipinski definition) is 4. The minimum absolute atomic E-state index is 0.0952. The number of rotatable bonds is 10. The lowest BCUT2D eigenvalue weighted by Crippen LogP contribution is -2.39. The molecule has 0 unspecified atom stereocenters. The Morgan fingerprint density at radius 3 is 2.32 bits per heavy atom. The molecule has 6 heteroatoms. The molecule has 0 radical (unpaired) electrons. The average molecular weight is 348 g/mol. The summed E-state index contributed by atoms with van der Waals surface area (Å²) < 4.78 is 5.17. The zero-order chi connectivity index (χ0) is 18.7. The second kappa shape index (κ2) is 11.2. The first-order valence-corrected chi connectivity index (χ1v) is 8.74. The van der Waals surface area contributed by atoms with Crippen LogP contribution in [-0.4, -0.2) is 37.5 Å². The fourth-order valence-corrected chi connectivity index (χ4v) is 2.38. The van der Waals surface area contributed by atoms with Gasteiger partial charge in [-0.3, -0.25) is 14.4 Å².